The molecule has 2 N–H and O–H groups in total. The van der Waals surface area contributed by atoms with Gasteiger partial charge >= 0.3 is 0 Å². The van der Waals surface area contributed by atoms with Crippen molar-refractivity contribution < 1.29 is 9.18 Å². The van der Waals surface area contributed by atoms with E-state index in [1.165, 1.54) is 35.9 Å². The van der Waals surface area contributed by atoms with E-state index in [1.54, 1.807) is 0 Å². The molecule has 0 amide bonds. The van der Waals surface area contributed by atoms with Gasteiger partial charge in [0.2, 0.25) is 0 Å². The van der Waals surface area contributed by atoms with Crippen molar-refractivity contribution >= 4 is 5.78 Å². The maximum absolute atomic E-state index is 12.9. The molecule has 2 aromatic carbocycles. The third-order valence-electron chi connectivity index (χ3n) is 3.93. The van der Waals surface area contributed by atoms with Gasteiger partial charge in [-0.3, -0.25) is 4.79 Å². The number of hydrogen-bond donors (Lipinski definition) is 2. The molecule has 1 fully saturated rings. The lowest BCUT2D eigenvalue weighted by Gasteiger charge is -2.27. The molecule has 23 heavy (non-hydrogen) atoms. The highest BCUT2D eigenvalue weighted by molar-refractivity contribution is 6.04. The minimum absolute atomic E-state index is 0.137. The van der Waals surface area contributed by atoms with Crippen molar-refractivity contribution in [1.82, 2.24) is 10.6 Å². The highest BCUT2D eigenvalue weighted by Crippen LogP contribution is 2.12. The first kappa shape index (κ1) is 15.3. The van der Waals surface area contributed by atoms with E-state index in [0.717, 1.165) is 25.3 Å². The van der Waals surface area contributed by atoms with Gasteiger partial charge in [-0.2, -0.15) is 0 Å². The molecule has 3 nitrogen and oxygen atoms in total. The minimum Gasteiger partial charge on any atom is -0.371 e. The first-order valence-electron chi connectivity index (χ1n) is 7.74. The molecule has 1 aliphatic heterocycles. The Balaban J connectivity index is 1.56. The largest absolute Gasteiger partial charge is 0.371 e. The topological polar surface area (TPSA) is 41.1 Å². The van der Waals surface area contributed by atoms with E-state index in [-0.39, 0.29) is 11.6 Å². The van der Waals surface area contributed by atoms with Crippen LogP contribution in [0.1, 0.15) is 15.9 Å². The fourth-order valence-electron chi connectivity index (χ4n) is 2.67. The van der Waals surface area contributed by atoms with Gasteiger partial charge in [0.1, 0.15) is 11.6 Å². The second-order valence-electron chi connectivity index (χ2n) is 5.75. The van der Waals surface area contributed by atoms with Crippen LogP contribution < -0.4 is 10.6 Å². The standard InChI is InChI=1S/C19H19FN2O/c20-17-8-6-16(7-9-17)18(23)11-19-21-12-15(13-22-19)10-14-4-2-1-3-5-14/h1-9,11,15,21-22H,10,12-13H2. The van der Waals surface area contributed by atoms with Gasteiger partial charge in [0.05, 0.1) is 0 Å². The Morgan fingerprint density at radius 2 is 1.70 bits per heavy atom. The predicted molar refractivity (Wildman–Crippen MR) is 88.5 cm³/mol. The molecule has 118 valence electrons. The van der Waals surface area contributed by atoms with Gasteiger partial charge < -0.3 is 10.6 Å². The number of ketones is 1. The average Bonchev–Trinajstić information content (AvgIpc) is 2.58. The lowest BCUT2D eigenvalue weighted by molar-refractivity contribution is 0.104. The summed E-state index contributed by atoms with van der Waals surface area (Å²) in [5.41, 5.74) is 1.80. The van der Waals surface area contributed by atoms with Crippen LogP contribution >= 0.6 is 0 Å². The number of hydrogen-bond acceptors (Lipinski definition) is 3. The van der Waals surface area contributed by atoms with Crippen LogP contribution in [0.2, 0.25) is 0 Å². The Kier molecular flexibility index (Phi) is 4.71. The summed E-state index contributed by atoms with van der Waals surface area (Å²) < 4.78 is 12.9. The van der Waals surface area contributed by atoms with Gasteiger partial charge in [-0.15, -0.1) is 0 Å². The number of carbonyl (C=O) groups excluding carboxylic acids is 1. The summed E-state index contributed by atoms with van der Waals surface area (Å²) in [6, 6.07) is 15.9. The van der Waals surface area contributed by atoms with Gasteiger partial charge in [0, 0.05) is 24.7 Å². The second kappa shape index (κ2) is 7.09. The van der Waals surface area contributed by atoms with Crippen LogP contribution in [0.25, 0.3) is 0 Å². The van der Waals surface area contributed by atoms with E-state index >= 15 is 0 Å². The van der Waals surface area contributed by atoms with E-state index in [4.69, 9.17) is 0 Å². The molecule has 4 heteroatoms. The monoisotopic (exact) mass is 310 g/mol. The molecule has 1 saturated heterocycles. The summed E-state index contributed by atoms with van der Waals surface area (Å²) in [6.45, 7) is 1.65. The van der Waals surface area contributed by atoms with E-state index in [1.807, 2.05) is 18.2 Å². The zero-order valence-corrected chi connectivity index (χ0v) is 12.8. The first-order chi connectivity index (χ1) is 11.2. The van der Waals surface area contributed by atoms with Crippen molar-refractivity contribution in [3.8, 4) is 0 Å². The van der Waals surface area contributed by atoms with E-state index in [2.05, 4.69) is 22.8 Å². The second-order valence-corrected chi connectivity index (χ2v) is 5.75. The molecule has 0 aliphatic carbocycles. The Hall–Kier alpha value is -2.62. The molecule has 0 bridgehead atoms. The zero-order valence-electron chi connectivity index (χ0n) is 12.8. The van der Waals surface area contributed by atoms with Crippen molar-refractivity contribution in [1.29, 1.82) is 0 Å². The molecule has 1 aliphatic rings. The fourth-order valence-corrected chi connectivity index (χ4v) is 2.67. The van der Waals surface area contributed by atoms with Crippen LogP contribution in [-0.2, 0) is 6.42 Å². The van der Waals surface area contributed by atoms with Crippen LogP contribution in [0.15, 0.2) is 66.5 Å². The molecule has 0 aromatic heterocycles. The van der Waals surface area contributed by atoms with Crippen molar-refractivity contribution in [2.45, 2.75) is 6.42 Å². The quantitative estimate of drug-likeness (QED) is 0.674. The Morgan fingerprint density at radius 3 is 2.35 bits per heavy atom. The van der Waals surface area contributed by atoms with Crippen molar-refractivity contribution in [2.24, 2.45) is 5.92 Å². The zero-order chi connectivity index (χ0) is 16.1. The summed E-state index contributed by atoms with van der Waals surface area (Å²) in [6.07, 6.45) is 2.53. The number of allylic oxidation sites excluding steroid dienone is 1. The molecular formula is C19H19FN2O. The van der Waals surface area contributed by atoms with Crippen LogP contribution in [0, 0.1) is 11.7 Å². The molecule has 1 heterocycles. The highest BCUT2D eigenvalue weighted by Gasteiger charge is 2.16. The summed E-state index contributed by atoms with van der Waals surface area (Å²) >= 11 is 0. The Bertz CT molecular complexity index is 685. The Morgan fingerprint density at radius 1 is 1.04 bits per heavy atom. The molecule has 0 saturated carbocycles. The Labute approximate surface area is 135 Å². The van der Waals surface area contributed by atoms with Crippen molar-refractivity contribution in [2.75, 3.05) is 13.1 Å². The van der Waals surface area contributed by atoms with Gasteiger partial charge in [0.25, 0.3) is 0 Å². The normalized spacial score (nSPS) is 17.1. The number of carbonyl (C=O) groups is 1. The van der Waals surface area contributed by atoms with Gasteiger partial charge in [0.15, 0.2) is 5.78 Å². The van der Waals surface area contributed by atoms with Gasteiger partial charge in [-0.25, -0.2) is 4.39 Å². The summed E-state index contributed by atoms with van der Waals surface area (Å²) in [5.74, 6) is 0.729. The lowest BCUT2D eigenvalue weighted by atomic mass is 9.98. The molecule has 0 unspecified atom stereocenters. The van der Waals surface area contributed by atoms with E-state index in [9.17, 15) is 9.18 Å². The molecule has 0 radical (unpaired) electrons. The van der Waals surface area contributed by atoms with Crippen molar-refractivity contribution in [3.05, 3.63) is 83.4 Å². The predicted octanol–water partition coefficient (Wildman–Crippen LogP) is 2.90. The maximum atomic E-state index is 12.9. The van der Waals surface area contributed by atoms with Gasteiger partial charge in [-0.1, -0.05) is 30.3 Å². The number of nitrogens with one attached hydrogen (secondary N) is 2. The molecule has 0 spiro atoms. The van der Waals surface area contributed by atoms with Crippen molar-refractivity contribution in [3.63, 3.8) is 0 Å². The number of rotatable bonds is 4. The smallest absolute Gasteiger partial charge is 0.189 e. The fraction of sp³-hybridized carbons (Fsp3) is 0.211. The van der Waals surface area contributed by atoms with Crippen LogP contribution in [0.4, 0.5) is 4.39 Å². The summed E-state index contributed by atoms with van der Waals surface area (Å²) in [4.78, 5) is 12.1. The van der Waals surface area contributed by atoms with E-state index < -0.39 is 0 Å². The first-order valence-corrected chi connectivity index (χ1v) is 7.74. The molecule has 0 atom stereocenters. The highest BCUT2D eigenvalue weighted by atomic mass is 19.1. The summed E-state index contributed by atoms with van der Waals surface area (Å²) in [7, 11) is 0. The van der Waals surface area contributed by atoms with Gasteiger partial charge in [-0.05, 0) is 42.2 Å². The minimum atomic E-state index is -0.341. The maximum Gasteiger partial charge on any atom is 0.189 e. The van der Waals surface area contributed by atoms with Crippen LogP contribution in [0.5, 0.6) is 0 Å². The molecular weight excluding hydrogens is 291 g/mol. The average molecular weight is 310 g/mol. The summed E-state index contributed by atoms with van der Waals surface area (Å²) in [5, 5.41) is 6.51. The van der Waals surface area contributed by atoms with Crippen LogP contribution in [0.3, 0.4) is 0 Å². The van der Waals surface area contributed by atoms with E-state index in [0.29, 0.717) is 11.5 Å². The molecule has 3 rings (SSSR count). The molecule has 2 aromatic rings. The third kappa shape index (κ3) is 4.19. The third-order valence-corrected chi connectivity index (χ3v) is 3.93. The SMILES string of the molecule is O=C(C=C1NCC(Cc2ccccc2)CN1)c1ccc(F)cc1. The van der Waals surface area contributed by atoms with Crippen LogP contribution in [-0.4, -0.2) is 18.9 Å². The number of halogens is 1. The number of benzene rings is 2. The lowest BCUT2D eigenvalue weighted by Crippen LogP contribution is -2.43.